The van der Waals surface area contributed by atoms with Gasteiger partial charge >= 0.3 is 24.7 Å². The summed E-state index contributed by atoms with van der Waals surface area (Å²) in [4.78, 5) is 8.38. The zero-order valence-electron chi connectivity index (χ0n) is 32.8. The van der Waals surface area contributed by atoms with Crippen molar-refractivity contribution in [3.63, 3.8) is 0 Å². The maximum absolute atomic E-state index is 13.4. The van der Waals surface area contributed by atoms with Gasteiger partial charge in [0.05, 0.1) is 33.6 Å². The molecule has 0 unspecified atom stereocenters. The van der Waals surface area contributed by atoms with Crippen LogP contribution in [0.4, 0.5) is 52.7 Å². The molecule has 9 rings (SSSR count). The van der Waals surface area contributed by atoms with Crippen LogP contribution in [0.15, 0.2) is 162 Å². The summed E-state index contributed by atoms with van der Waals surface area (Å²) in [5.74, 6) is 0. The van der Waals surface area contributed by atoms with Crippen LogP contribution in [0.5, 0.6) is 0 Å². The topological polar surface area (TPSA) is 38.9 Å². The molecular formula is C50H26F12N2O. The normalized spacial score (nSPS) is 12.6. The summed E-state index contributed by atoms with van der Waals surface area (Å²) in [7, 11) is 0. The molecule has 0 atom stereocenters. The van der Waals surface area contributed by atoms with E-state index in [1.807, 2.05) is 84.9 Å². The average molecular weight is 899 g/mol. The largest absolute Gasteiger partial charge is 0.455 e. The summed E-state index contributed by atoms with van der Waals surface area (Å²) in [5, 5.41) is 1.69. The third-order valence-corrected chi connectivity index (χ3v) is 10.9. The Morgan fingerprint density at radius 1 is 0.308 bits per heavy atom. The van der Waals surface area contributed by atoms with Crippen molar-refractivity contribution >= 4 is 21.9 Å². The molecule has 3 heterocycles. The predicted octanol–water partition coefficient (Wildman–Crippen LogP) is 16.5. The van der Waals surface area contributed by atoms with Crippen molar-refractivity contribution in [2.45, 2.75) is 24.7 Å². The lowest BCUT2D eigenvalue weighted by Crippen LogP contribution is -2.11. The fourth-order valence-electron chi connectivity index (χ4n) is 7.64. The quantitative estimate of drug-likeness (QED) is 0.156. The van der Waals surface area contributed by atoms with Crippen molar-refractivity contribution < 1.29 is 57.1 Å². The van der Waals surface area contributed by atoms with Crippen LogP contribution in [0, 0.1) is 0 Å². The number of hydrogen-bond donors (Lipinski definition) is 0. The monoisotopic (exact) mass is 898 g/mol. The molecule has 6 aromatic carbocycles. The second-order valence-electron chi connectivity index (χ2n) is 15.1. The lowest BCUT2D eigenvalue weighted by molar-refractivity contribution is -0.144. The Hall–Kier alpha value is -7.42. The highest BCUT2D eigenvalue weighted by molar-refractivity contribution is 6.13. The number of pyridine rings is 2. The van der Waals surface area contributed by atoms with Gasteiger partial charge in [0, 0.05) is 56.5 Å². The van der Waals surface area contributed by atoms with Crippen molar-refractivity contribution in [2.75, 3.05) is 0 Å². The van der Waals surface area contributed by atoms with Crippen molar-refractivity contribution in [3.05, 3.63) is 180 Å². The number of aromatic nitrogens is 2. The maximum Gasteiger partial charge on any atom is 0.416 e. The molecule has 0 aliphatic carbocycles. The Balaban J connectivity index is 0.970. The fourth-order valence-corrected chi connectivity index (χ4v) is 7.64. The number of benzene rings is 6. The average Bonchev–Trinajstić information content (AvgIpc) is 3.67. The second-order valence-corrected chi connectivity index (χ2v) is 15.1. The van der Waals surface area contributed by atoms with E-state index in [4.69, 9.17) is 4.42 Å². The summed E-state index contributed by atoms with van der Waals surface area (Å²) in [6, 6.07) is 34.6. The van der Waals surface area contributed by atoms with Crippen molar-refractivity contribution in [1.29, 1.82) is 0 Å². The molecule has 0 saturated carbocycles. The molecular weight excluding hydrogens is 873 g/mol. The van der Waals surface area contributed by atoms with E-state index >= 15 is 0 Å². The van der Waals surface area contributed by atoms with Gasteiger partial charge in [0.25, 0.3) is 0 Å². The van der Waals surface area contributed by atoms with Crippen LogP contribution in [0.2, 0.25) is 0 Å². The molecule has 3 aromatic heterocycles. The number of rotatable bonds is 6. The summed E-state index contributed by atoms with van der Waals surface area (Å²) < 4.78 is 168. The number of para-hydroxylation sites is 2. The first-order valence-electron chi connectivity index (χ1n) is 19.4. The fraction of sp³-hybridized carbons (Fsp3) is 0.0800. The summed E-state index contributed by atoms with van der Waals surface area (Å²) in [6.07, 6.45) is -17.2. The minimum atomic E-state index is -4.99. The zero-order chi connectivity index (χ0) is 46.1. The minimum absolute atomic E-state index is 0.0630. The standard InChI is InChI=1S/C50H26F12N2O/c51-47(52,53)35-19-33(20-36(23-35)48(54,55)56)43-17-15-31(25-63-43)27-7-11-29(12-8-27)39-3-1-5-41-42-6-2-4-40(46(42)65-45(39)41)30-13-9-28(10-14-30)32-16-18-44(64-26-32)34-21-37(49(57,58)59)24-38(22-34)50(60,61)62/h1-26H. The van der Waals surface area contributed by atoms with Crippen LogP contribution in [0.3, 0.4) is 0 Å². The van der Waals surface area contributed by atoms with Gasteiger partial charge in [0.1, 0.15) is 11.2 Å². The van der Waals surface area contributed by atoms with Gasteiger partial charge in [-0.1, -0.05) is 97.1 Å². The SMILES string of the molecule is FC(F)(F)c1cc(-c2ccc(-c3ccc(-c4cccc5c4oc4c(-c6ccc(-c7ccc(-c8cc(C(F)(F)F)cc(C(F)(F)F)c8)nc7)cc6)cccc45)cc3)cn2)cc(C(F)(F)F)c1. The van der Waals surface area contributed by atoms with Crippen molar-refractivity contribution in [2.24, 2.45) is 0 Å². The van der Waals surface area contributed by atoms with Gasteiger partial charge in [0.2, 0.25) is 0 Å². The molecule has 9 aromatic rings. The van der Waals surface area contributed by atoms with E-state index in [2.05, 4.69) is 9.97 Å². The summed E-state index contributed by atoms with van der Waals surface area (Å²) in [5.41, 5.74) is 0.392. The first kappa shape index (κ1) is 42.9. The number of alkyl halides is 12. The third kappa shape index (κ3) is 8.53. The molecule has 3 nitrogen and oxygen atoms in total. The molecule has 0 fully saturated rings. The molecule has 15 heteroatoms. The molecule has 0 spiro atoms. The number of furan rings is 1. The Kier molecular flexibility index (Phi) is 10.3. The van der Waals surface area contributed by atoms with Gasteiger partial charge < -0.3 is 4.42 Å². The number of halogens is 12. The zero-order valence-corrected chi connectivity index (χ0v) is 32.8. The lowest BCUT2D eigenvalue weighted by atomic mass is 9.97. The molecule has 0 radical (unpaired) electrons. The highest BCUT2D eigenvalue weighted by Crippen LogP contribution is 2.43. The molecule has 0 saturated heterocycles. The van der Waals surface area contributed by atoms with E-state index in [0.717, 1.165) is 33.0 Å². The van der Waals surface area contributed by atoms with Crippen LogP contribution < -0.4 is 0 Å². The molecule has 0 aliphatic heterocycles. The Labute approximate surface area is 360 Å². The summed E-state index contributed by atoms with van der Waals surface area (Å²) in [6.45, 7) is 0. The van der Waals surface area contributed by atoms with Crippen LogP contribution >= 0.6 is 0 Å². The highest BCUT2D eigenvalue weighted by Gasteiger charge is 2.38. The van der Waals surface area contributed by atoms with Crippen molar-refractivity contribution in [1.82, 2.24) is 9.97 Å². The van der Waals surface area contributed by atoms with Crippen LogP contribution in [-0.2, 0) is 24.7 Å². The van der Waals surface area contributed by atoms with Crippen LogP contribution in [-0.4, -0.2) is 9.97 Å². The Morgan fingerprint density at radius 2 is 0.615 bits per heavy atom. The van der Waals surface area contributed by atoms with Gasteiger partial charge in [-0.2, -0.15) is 52.7 Å². The van der Waals surface area contributed by atoms with Gasteiger partial charge in [-0.15, -0.1) is 0 Å². The smallest absolute Gasteiger partial charge is 0.416 e. The van der Waals surface area contributed by atoms with E-state index in [1.165, 1.54) is 24.5 Å². The lowest BCUT2D eigenvalue weighted by Gasteiger charge is -2.14. The Bertz CT molecular complexity index is 2940. The van der Waals surface area contributed by atoms with E-state index in [9.17, 15) is 52.7 Å². The molecule has 0 N–H and O–H groups in total. The van der Waals surface area contributed by atoms with Gasteiger partial charge in [0.15, 0.2) is 0 Å². The molecule has 0 bridgehead atoms. The van der Waals surface area contributed by atoms with Crippen molar-refractivity contribution in [3.8, 4) is 67.0 Å². The van der Waals surface area contributed by atoms with E-state index in [1.54, 1.807) is 12.1 Å². The van der Waals surface area contributed by atoms with Crippen LogP contribution in [0.25, 0.3) is 89.0 Å². The minimum Gasteiger partial charge on any atom is -0.455 e. The molecule has 326 valence electrons. The number of nitrogens with zero attached hydrogens (tertiary/aromatic N) is 2. The van der Waals surface area contributed by atoms with Gasteiger partial charge in [-0.3, -0.25) is 9.97 Å². The maximum atomic E-state index is 13.4. The molecule has 0 aliphatic rings. The first-order chi connectivity index (χ1) is 30.7. The third-order valence-electron chi connectivity index (χ3n) is 10.9. The van der Waals surface area contributed by atoms with E-state index in [0.29, 0.717) is 57.7 Å². The van der Waals surface area contributed by atoms with E-state index < -0.39 is 47.0 Å². The highest BCUT2D eigenvalue weighted by atomic mass is 19.4. The van der Waals surface area contributed by atoms with Gasteiger partial charge in [-0.25, -0.2) is 0 Å². The molecule has 0 amide bonds. The Morgan fingerprint density at radius 3 is 0.908 bits per heavy atom. The van der Waals surface area contributed by atoms with Crippen LogP contribution in [0.1, 0.15) is 22.3 Å². The van der Waals surface area contributed by atoms with E-state index in [-0.39, 0.29) is 34.6 Å². The first-order valence-corrected chi connectivity index (χ1v) is 19.4. The number of hydrogen-bond acceptors (Lipinski definition) is 3. The second kappa shape index (κ2) is 15.7. The molecule has 65 heavy (non-hydrogen) atoms. The predicted molar refractivity (Wildman–Crippen MR) is 222 cm³/mol. The summed E-state index contributed by atoms with van der Waals surface area (Å²) >= 11 is 0. The number of fused-ring (bicyclic) bond motifs is 3. The van der Waals surface area contributed by atoms with Gasteiger partial charge in [-0.05, 0) is 70.8 Å².